The van der Waals surface area contributed by atoms with Crippen LogP contribution in [0.5, 0.6) is 0 Å². The second-order valence-electron chi connectivity index (χ2n) is 21.9. The maximum absolute atomic E-state index is 10.9. The molecule has 2 unspecified atom stereocenters. The third-order valence-electron chi connectivity index (χ3n) is 16.4. The minimum absolute atomic E-state index is 0.134. The molecule has 5 nitrogen and oxygen atoms in total. The number of nitrogens with zero attached hydrogens (tertiary/aromatic N) is 4. The first-order valence-electron chi connectivity index (χ1n) is 28.2. The highest BCUT2D eigenvalue weighted by molar-refractivity contribution is 7.00. The SMILES string of the molecule is [2H]c1c([2H])c([2H])c(N(c2cc3c4c(c2)N2c5c(cc(C#N)cc5C5(C)CCCCC25C)B4c2oc4cc5c(cc4c2N3c2ccc(C(C)(C)C)cc2)C(C)(C)CCC5(C)C)c2c([2H])c([2H])c([2H])c([2H])c2[2H])c([2H])c1[2H]. The van der Waals surface area contributed by atoms with Crippen molar-refractivity contribution < 1.29 is 18.1 Å². The van der Waals surface area contributed by atoms with Crippen LogP contribution < -0.4 is 31.3 Å². The Labute approximate surface area is 399 Å². The molecule has 4 heterocycles. The molecule has 1 saturated carbocycles. The van der Waals surface area contributed by atoms with Gasteiger partial charge in [-0.3, -0.25) is 0 Å². The molecule has 2 aliphatic carbocycles. The molecule has 65 heavy (non-hydrogen) atoms. The number of benzene rings is 6. The summed E-state index contributed by atoms with van der Waals surface area (Å²) in [5.41, 5.74) is 10.4. The molecule has 1 aromatic heterocycles. The van der Waals surface area contributed by atoms with Crippen LogP contribution in [0.25, 0.3) is 11.0 Å². The number of para-hydroxylation sites is 2. The van der Waals surface area contributed by atoms with Crippen LogP contribution in [-0.4, -0.2) is 12.3 Å². The summed E-state index contributed by atoms with van der Waals surface area (Å²) in [6.45, 7) is 19.7. The first-order chi connectivity index (χ1) is 35.2. The van der Waals surface area contributed by atoms with E-state index in [1.54, 1.807) is 0 Å². The molecule has 0 bridgehead atoms. The van der Waals surface area contributed by atoms with Crippen LogP contribution in [0, 0.1) is 11.3 Å². The molecular formula is C59H59BN4O. The average molecular weight is 861 g/mol. The highest BCUT2D eigenvalue weighted by Crippen LogP contribution is 2.63. The van der Waals surface area contributed by atoms with E-state index in [-0.39, 0.29) is 33.3 Å². The number of hydrogen-bond acceptors (Lipinski definition) is 5. The van der Waals surface area contributed by atoms with Gasteiger partial charge in [-0.1, -0.05) is 117 Å². The number of anilines is 8. The van der Waals surface area contributed by atoms with Crippen molar-refractivity contribution in [1.82, 2.24) is 0 Å². The Hall–Kier alpha value is -6.19. The summed E-state index contributed by atoms with van der Waals surface area (Å²) in [4.78, 5) is 5.92. The van der Waals surface area contributed by atoms with Crippen LogP contribution in [-0.2, 0) is 21.7 Å². The fraction of sp³-hybridized carbons (Fsp3) is 0.339. The van der Waals surface area contributed by atoms with E-state index >= 15 is 0 Å². The van der Waals surface area contributed by atoms with E-state index in [2.05, 4.69) is 115 Å². The Bertz CT molecular complexity index is 3630. The van der Waals surface area contributed by atoms with Crippen molar-refractivity contribution in [3.05, 3.63) is 149 Å². The van der Waals surface area contributed by atoms with Gasteiger partial charge in [-0.05, 0) is 155 Å². The Morgan fingerprint density at radius 3 is 1.94 bits per heavy atom. The molecule has 3 aliphatic heterocycles. The molecular weight excluding hydrogens is 791 g/mol. The molecule has 0 radical (unpaired) electrons. The van der Waals surface area contributed by atoms with Gasteiger partial charge in [0.2, 0.25) is 0 Å². The lowest BCUT2D eigenvalue weighted by atomic mass is 9.35. The third kappa shape index (κ3) is 5.51. The molecule has 5 aliphatic rings. The third-order valence-corrected chi connectivity index (χ3v) is 16.4. The summed E-state index contributed by atoms with van der Waals surface area (Å²) >= 11 is 0. The highest BCUT2D eigenvalue weighted by Gasteiger charge is 2.62. The van der Waals surface area contributed by atoms with E-state index in [0.717, 1.165) is 94.3 Å². The summed E-state index contributed by atoms with van der Waals surface area (Å²) in [7, 11) is 0. The van der Waals surface area contributed by atoms with Crippen molar-refractivity contribution in [3.8, 4) is 6.07 Å². The fourth-order valence-corrected chi connectivity index (χ4v) is 12.5. The monoisotopic (exact) mass is 861 g/mol. The molecule has 1 fully saturated rings. The van der Waals surface area contributed by atoms with Gasteiger partial charge in [0.15, 0.2) is 0 Å². The molecule has 324 valence electrons. The standard InChI is InChI=1S/C59H59BN4O/c1-55(2,3)38-22-24-41(25-23-38)63-48-32-42(62(39-18-12-10-13-19-39)40-20-14-11-15-21-40)33-49-51(48)60(47-31-37(36-61)30-46-53(47)64(49)59(9)27-17-16-26-58(46,59)8)54-52(63)43-34-44-45(35-50(43)65-54)57(6,7)29-28-56(44,4)5/h10-15,18-25,30-35H,16-17,26-29H2,1-9H3/i10D,11D,12D,13D,14D,15D,18D,19D,20D,21D. The smallest absolute Gasteiger partial charge is 0.297 e. The summed E-state index contributed by atoms with van der Waals surface area (Å²) in [6.07, 6.45) is 5.56. The Morgan fingerprint density at radius 1 is 0.692 bits per heavy atom. The van der Waals surface area contributed by atoms with E-state index in [1.165, 1.54) is 16.0 Å². The van der Waals surface area contributed by atoms with E-state index in [4.69, 9.17) is 12.6 Å². The second-order valence-corrected chi connectivity index (χ2v) is 21.9. The van der Waals surface area contributed by atoms with E-state index < -0.39 is 78.1 Å². The Balaban J connectivity index is 1.29. The van der Waals surface area contributed by atoms with E-state index in [0.29, 0.717) is 16.9 Å². The van der Waals surface area contributed by atoms with Gasteiger partial charge in [0.05, 0.1) is 47.9 Å². The molecule has 0 spiro atoms. The van der Waals surface area contributed by atoms with E-state index in [9.17, 15) is 10.7 Å². The highest BCUT2D eigenvalue weighted by atomic mass is 16.3. The lowest BCUT2D eigenvalue weighted by molar-refractivity contribution is 0.195. The molecule has 2 atom stereocenters. The zero-order valence-electron chi connectivity index (χ0n) is 48.8. The quantitative estimate of drug-likeness (QED) is 0.165. The largest absolute Gasteiger partial charge is 0.468 e. The lowest BCUT2D eigenvalue weighted by Gasteiger charge is -2.52. The molecule has 0 amide bonds. The van der Waals surface area contributed by atoms with Crippen LogP contribution >= 0.6 is 0 Å². The van der Waals surface area contributed by atoms with Crippen molar-refractivity contribution in [2.24, 2.45) is 0 Å². The number of hydrogen-bond donors (Lipinski definition) is 0. The maximum atomic E-state index is 10.9. The van der Waals surface area contributed by atoms with E-state index in [1.807, 2.05) is 24.3 Å². The molecule has 7 aromatic rings. The zero-order valence-corrected chi connectivity index (χ0v) is 38.8. The van der Waals surface area contributed by atoms with Gasteiger partial charge in [-0.2, -0.15) is 5.26 Å². The van der Waals surface area contributed by atoms with Crippen LogP contribution in [0.2, 0.25) is 0 Å². The minimum Gasteiger partial charge on any atom is -0.468 e. The summed E-state index contributed by atoms with van der Waals surface area (Å²) in [6, 6.07) is 17.2. The number of nitriles is 1. The fourth-order valence-electron chi connectivity index (χ4n) is 12.5. The van der Waals surface area contributed by atoms with Crippen LogP contribution in [0.1, 0.15) is 142 Å². The van der Waals surface area contributed by atoms with Crippen molar-refractivity contribution >= 4 is 79.8 Å². The minimum atomic E-state index is -0.635. The van der Waals surface area contributed by atoms with Crippen LogP contribution in [0.4, 0.5) is 45.5 Å². The van der Waals surface area contributed by atoms with Gasteiger partial charge >= 0.3 is 0 Å². The second kappa shape index (κ2) is 13.4. The molecule has 6 aromatic carbocycles. The topological polar surface area (TPSA) is 46.6 Å². The molecule has 12 rings (SSSR count). The molecule has 0 saturated heterocycles. The molecule has 0 N–H and O–H groups in total. The Morgan fingerprint density at radius 2 is 1.31 bits per heavy atom. The summed E-state index contributed by atoms with van der Waals surface area (Å²) in [5, 5.41) is 11.8. The van der Waals surface area contributed by atoms with Gasteiger partial charge in [-0.15, -0.1) is 0 Å². The number of fused-ring (bicyclic) bond motifs is 10. The van der Waals surface area contributed by atoms with Crippen LogP contribution in [0.15, 0.2) is 126 Å². The number of furan rings is 1. The van der Waals surface area contributed by atoms with Gasteiger partial charge in [0, 0.05) is 44.9 Å². The normalized spacial score (nSPS) is 24.0. The van der Waals surface area contributed by atoms with Gasteiger partial charge in [0.25, 0.3) is 6.71 Å². The lowest BCUT2D eigenvalue weighted by Crippen LogP contribution is -2.64. The molecule has 6 heteroatoms. The predicted molar refractivity (Wildman–Crippen MR) is 272 cm³/mol. The van der Waals surface area contributed by atoms with Crippen molar-refractivity contribution in [3.63, 3.8) is 0 Å². The van der Waals surface area contributed by atoms with Crippen LogP contribution in [0.3, 0.4) is 0 Å². The van der Waals surface area contributed by atoms with Gasteiger partial charge < -0.3 is 19.1 Å². The van der Waals surface area contributed by atoms with Crippen molar-refractivity contribution in [2.45, 2.75) is 128 Å². The predicted octanol–water partition coefficient (Wildman–Crippen LogP) is 13.8. The summed E-state index contributed by atoms with van der Waals surface area (Å²) < 4.78 is 98.6. The summed E-state index contributed by atoms with van der Waals surface area (Å²) in [5.74, 6) is 0. The first kappa shape index (κ1) is 30.9. The Kier molecular flexibility index (Phi) is 6.38. The van der Waals surface area contributed by atoms with Crippen molar-refractivity contribution in [1.29, 1.82) is 5.26 Å². The number of rotatable bonds is 4. The average Bonchev–Trinajstić information content (AvgIpc) is 3.85. The van der Waals surface area contributed by atoms with Crippen molar-refractivity contribution in [2.75, 3.05) is 14.7 Å². The van der Waals surface area contributed by atoms with Gasteiger partial charge in [0.1, 0.15) is 5.58 Å². The maximum Gasteiger partial charge on any atom is 0.297 e. The zero-order chi connectivity index (χ0) is 53.7. The first-order valence-corrected chi connectivity index (χ1v) is 23.2. The van der Waals surface area contributed by atoms with Gasteiger partial charge in [-0.25, -0.2) is 0 Å².